The third kappa shape index (κ3) is 7.10. The minimum absolute atomic E-state index is 0.0320. The Balaban J connectivity index is 2.15. The number of aryl methyl sites for hydroxylation is 1. The van der Waals surface area contributed by atoms with Crippen molar-refractivity contribution in [3.63, 3.8) is 0 Å². The van der Waals surface area contributed by atoms with Gasteiger partial charge < -0.3 is 15.4 Å². The molecule has 0 radical (unpaired) electrons. The van der Waals surface area contributed by atoms with Crippen molar-refractivity contribution >= 4 is 29.1 Å². The highest BCUT2D eigenvalue weighted by Gasteiger charge is 2.04. The highest BCUT2D eigenvalue weighted by Crippen LogP contribution is 2.23. The summed E-state index contributed by atoms with van der Waals surface area (Å²) in [7, 11) is 1.66. The van der Waals surface area contributed by atoms with Crippen LogP contribution < -0.4 is 10.6 Å². The molecule has 1 aromatic carbocycles. The van der Waals surface area contributed by atoms with Crippen LogP contribution in [0, 0.1) is 0 Å². The number of nitrogens with one attached hydrogen (secondary N) is 2. The summed E-state index contributed by atoms with van der Waals surface area (Å²) in [6, 6.07) is 5.42. The van der Waals surface area contributed by atoms with Crippen LogP contribution in [0.3, 0.4) is 0 Å². The molecule has 0 saturated heterocycles. The van der Waals surface area contributed by atoms with Crippen LogP contribution in [0.25, 0.3) is 0 Å². The van der Waals surface area contributed by atoms with Crippen LogP contribution in [0.5, 0.6) is 0 Å². The minimum atomic E-state index is 0.0320. The smallest absolute Gasteiger partial charge is 0.220 e. The van der Waals surface area contributed by atoms with E-state index in [0.717, 1.165) is 18.7 Å². The van der Waals surface area contributed by atoms with Crippen molar-refractivity contribution in [1.82, 2.24) is 10.6 Å². The summed E-state index contributed by atoms with van der Waals surface area (Å²) >= 11 is 11.8. The number of rotatable bonds is 9. The number of ether oxygens (including phenoxy) is 1. The molecule has 0 spiro atoms. The van der Waals surface area contributed by atoms with Crippen LogP contribution in [0.1, 0.15) is 12.0 Å². The van der Waals surface area contributed by atoms with Gasteiger partial charge >= 0.3 is 0 Å². The summed E-state index contributed by atoms with van der Waals surface area (Å²) in [5, 5.41) is 7.06. The molecule has 0 saturated carbocycles. The fourth-order valence-corrected chi connectivity index (χ4v) is 1.95. The Bertz CT molecular complexity index is 428. The molecule has 0 heterocycles. The van der Waals surface area contributed by atoms with Crippen molar-refractivity contribution in [2.75, 3.05) is 33.4 Å². The first-order valence-corrected chi connectivity index (χ1v) is 7.29. The van der Waals surface area contributed by atoms with E-state index in [1.165, 1.54) is 0 Å². The van der Waals surface area contributed by atoms with Gasteiger partial charge in [0.25, 0.3) is 0 Å². The van der Waals surface area contributed by atoms with Gasteiger partial charge in [-0.25, -0.2) is 0 Å². The predicted octanol–water partition coefficient (Wildman–Crippen LogP) is 2.28. The average molecular weight is 319 g/mol. The molecule has 0 aliphatic rings. The second-order valence-corrected chi connectivity index (χ2v) is 5.16. The molecule has 0 aliphatic heterocycles. The first-order chi connectivity index (χ1) is 9.63. The number of hydrogen-bond acceptors (Lipinski definition) is 3. The first kappa shape index (κ1) is 17.2. The standard InChI is InChI=1S/C14H20Cl2N2O2/c1-20-9-8-17-6-7-18-14(19)5-3-11-2-4-12(15)13(16)10-11/h2,4,10,17H,3,5-9H2,1H3,(H,18,19). The number of halogens is 2. The number of methoxy groups -OCH3 is 1. The fourth-order valence-electron chi connectivity index (χ4n) is 1.63. The third-order valence-corrected chi connectivity index (χ3v) is 3.47. The number of carbonyl (C=O) groups is 1. The number of hydrogen-bond donors (Lipinski definition) is 2. The summed E-state index contributed by atoms with van der Waals surface area (Å²) in [5.74, 6) is 0.0320. The Morgan fingerprint density at radius 1 is 1.20 bits per heavy atom. The molecule has 2 N–H and O–H groups in total. The van der Waals surface area contributed by atoms with Gasteiger partial charge in [0, 0.05) is 33.2 Å². The van der Waals surface area contributed by atoms with Crippen molar-refractivity contribution in [2.45, 2.75) is 12.8 Å². The van der Waals surface area contributed by atoms with Crippen molar-refractivity contribution in [3.05, 3.63) is 33.8 Å². The third-order valence-electron chi connectivity index (χ3n) is 2.73. The lowest BCUT2D eigenvalue weighted by Crippen LogP contribution is -2.33. The van der Waals surface area contributed by atoms with E-state index in [-0.39, 0.29) is 5.91 Å². The van der Waals surface area contributed by atoms with E-state index < -0.39 is 0 Å². The first-order valence-electron chi connectivity index (χ1n) is 6.53. The predicted molar refractivity (Wildman–Crippen MR) is 82.5 cm³/mol. The Kier molecular flexibility index (Phi) is 8.62. The molecule has 0 bridgehead atoms. The lowest BCUT2D eigenvalue weighted by Gasteiger charge is -2.07. The normalized spacial score (nSPS) is 10.6. The second kappa shape index (κ2) is 10.00. The van der Waals surface area contributed by atoms with E-state index in [4.69, 9.17) is 27.9 Å². The fraction of sp³-hybridized carbons (Fsp3) is 0.500. The van der Waals surface area contributed by atoms with Gasteiger partial charge in [-0.3, -0.25) is 4.79 Å². The van der Waals surface area contributed by atoms with Gasteiger partial charge in [-0.15, -0.1) is 0 Å². The number of amides is 1. The maximum absolute atomic E-state index is 11.6. The second-order valence-electron chi connectivity index (χ2n) is 4.34. The van der Waals surface area contributed by atoms with Gasteiger partial charge in [0.05, 0.1) is 16.7 Å². The van der Waals surface area contributed by atoms with E-state index in [9.17, 15) is 4.79 Å². The van der Waals surface area contributed by atoms with E-state index in [1.54, 1.807) is 19.2 Å². The van der Waals surface area contributed by atoms with Crippen LogP contribution in [-0.2, 0) is 16.0 Å². The van der Waals surface area contributed by atoms with Crippen molar-refractivity contribution in [2.24, 2.45) is 0 Å². The molecular weight excluding hydrogens is 299 g/mol. The van der Waals surface area contributed by atoms with Gasteiger partial charge in [0.1, 0.15) is 0 Å². The van der Waals surface area contributed by atoms with E-state index >= 15 is 0 Å². The minimum Gasteiger partial charge on any atom is -0.383 e. The highest BCUT2D eigenvalue weighted by molar-refractivity contribution is 6.42. The zero-order valence-corrected chi connectivity index (χ0v) is 13.1. The van der Waals surface area contributed by atoms with Crippen molar-refractivity contribution < 1.29 is 9.53 Å². The van der Waals surface area contributed by atoms with Crippen LogP contribution in [-0.4, -0.2) is 39.3 Å². The summed E-state index contributed by atoms with van der Waals surface area (Å²) in [6.45, 7) is 2.81. The molecule has 0 unspecified atom stereocenters. The summed E-state index contributed by atoms with van der Waals surface area (Å²) in [5.41, 5.74) is 1.01. The maximum atomic E-state index is 11.6. The van der Waals surface area contributed by atoms with E-state index in [1.807, 2.05) is 6.07 Å². The van der Waals surface area contributed by atoms with Crippen molar-refractivity contribution in [3.8, 4) is 0 Å². The molecule has 1 rings (SSSR count). The monoisotopic (exact) mass is 318 g/mol. The van der Waals surface area contributed by atoms with E-state index in [2.05, 4.69) is 10.6 Å². The molecule has 1 aromatic rings. The molecule has 20 heavy (non-hydrogen) atoms. The molecule has 112 valence electrons. The molecule has 0 aromatic heterocycles. The molecule has 0 atom stereocenters. The highest BCUT2D eigenvalue weighted by atomic mass is 35.5. The summed E-state index contributed by atoms with van der Waals surface area (Å²) in [4.78, 5) is 11.6. The van der Waals surface area contributed by atoms with Gasteiger partial charge in [-0.05, 0) is 24.1 Å². The van der Waals surface area contributed by atoms with Crippen LogP contribution >= 0.6 is 23.2 Å². The maximum Gasteiger partial charge on any atom is 0.220 e. The number of benzene rings is 1. The van der Waals surface area contributed by atoms with Crippen LogP contribution in [0.15, 0.2) is 18.2 Å². The topological polar surface area (TPSA) is 50.4 Å². The Morgan fingerprint density at radius 2 is 2.00 bits per heavy atom. The Hall–Kier alpha value is -0.810. The van der Waals surface area contributed by atoms with Crippen molar-refractivity contribution in [1.29, 1.82) is 0 Å². The SMILES string of the molecule is COCCNCCNC(=O)CCc1ccc(Cl)c(Cl)c1. The lowest BCUT2D eigenvalue weighted by molar-refractivity contribution is -0.121. The van der Waals surface area contributed by atoms with Gasteiger partial charge in [-0.2, -0.15) is 0 Å². The molecule has 0 fully saturated rings. The number of carbonyl (C=O) groups excluding carboxylic acids is 1. The van der Waals surface area contributed by atoms with Gasteiger partial charge in [-0.1, -0.05) is 29.3 Å². The van der Waals surface area contributed by atoms with Gasteiger partial charge in [0.2, 0.25) is 5.91 Å². The zero-order chi connectivity index (χ0) is 14.8. The largest absolute Gasteiger partial charge is 0.383 e. The molecule has 4 nitrogen and oxygen atoms in total. The Morgan fingerprint density at radius 3 is 2.70 bits per heavy atom. The van der Waals surface area contributed by atoms with Crippen LogP contribution in [0.2, 0.25) is 10.0 Å². The Labute approximate surface area is 129 Å². The summed E-state index contributed by atoms with van der Waals surface area (Å²) in [6.07, 6.45) is 1.09. The van der Waals surface area contributed by atoms with Crippen LogP contribution in [0.4, 0.5) is 0 Å². The lowest BCUT2D eigenvalue weighted by atomic mass is 10.1. The molecule has 1 amide bonds. The average Bonchev–Trinajstić information content (AvgIpc) is 2.44. The quantitative estimate of drug-likeness (QED) is 0.687. The van der Waals surface area contributed by atoms with Gasteiger partial charge in [0.15, 0.2) is 0 Å². The van der Waals surface area contributed by atoms with E-state index in [0.29, 0.717) is 36.0 Å². The molecular formula is C14H20Cl2N2O2. The molecule has 6 heteroatoms. The molecule has 0 aliphatic carbocycles. The zero-order valence-electron chi connectivity index (χ0n) is 11.5. The summed E-state index contributed by atoms with van der Waals surface area (Å²) < 4.78 is 4.91.